The van der Waals surface area contributed by atoms with E-state index >= 15 is 0 Å². The summed E-state index contributed by atoms with van der Waals surface area (Å²) in [6.07, 6.45) is 5.71. The van der Waals surface area contributed by atoms with Crippen molar-refractivity contribution >= 4 is 22.2 Å². The minimum absolute atomic E-state index is 0.105. The predicted molar refractivity (Wildman–Crippen MR) is 131 cm³/mol. The van der Waals surface area contributed by atoms with E-state index < -0.39 is 0 Å². The number of ether oxygens (including phenoxy) is 2. The van der Waals surface area contributed by atoms with Gasteiger partial charge in [-0.2, -0.15) is 5.10 Å². The van der Waals surface area contributed by atoms with Crippen molar-refractivity contribution in [2.24, 2.45) is 7.05 Å². The Bertz CT molecular complexity index is 1360. The van der Waals surface area contributed by atoms with Crippen LogP contribution in [-0.2, 0) is 33.0 Å². The number of hydrogen-bond donors (Lipinski definition) is 1. The summed E-state index contributed by atoms with van der Waals surface area (Å²) in [4.78, 5) is 16.4. The molecule has 0 fully saturated rings. The van der Waals surface area contributed by atoms with Gasteiger partial charge >= 0.3 is 0 Å². The van der Waals surface area contributed by atoms with E-state index in [-0.39, 0.29) is 5.56 Å². The molecule has 0 radical (unpaired) electrons. The number of thiophene rings is 1. The molecule has 0 aliphatic carbocycles. The molecule has 1 aliphatic heterocycles. The molecule has 4 heterocycles. The fourth-order valence-electron chi connectivity index (χ4n) is 4.78. The van der Waals surface area contributed by atoms with Crippen molar-refractivity contribution < 1.29 is 9.47 Å². The Hall–Kier alpha value is -3.10. The molecular weight excluding hydrogens is 436 g/mol. The third kappa shape index (κ3) is 3.73. The lowest BCUT2D eigenvalue weighted by molar-refractivity contribution is 0.240. The van der Waals surface area contributed by atoms with Gasteiger partial charge in [0, 0.05) is 48.7 Å². The number of rotatable bonds is 6. The number of methoxy groups -OCH3 is 2. The van der Waals surface area contributed by atoms with Crippen LogP contribution in [-0.4, -0.2) is 40.4 Å². The maximum absolute atomic E-state index is 12.4. The quantitative estimate of drug-likeness (QED) is 0.465. The summed E-state index contributed by atoms with van der Waals surface area (Å²) in [6, 6.07) is 4.06. The lowest BCUT2D eigenvalue weighted by atomic mass is 9.99. The number of pyridine rings is 1. The second-order valence-corrected chi connectivity index (χ2v) is 9.42. The van der Waals surface area contributed by atoms with Gasteiger partial charge < -0.3 is 14.0 Å². The average Bonchev–Trinajstić information content (AvgIpc) is 3.48. The number of hydrogen-bond acceptors (Lipinski definition) is 6. The number of aromatic nitrogens is 3. The van der Waals surface area contributed by atoms with Crippen LogP contribution in [0.3, 0.4) is 0 Å². The Labute approximate surface area is 196 Å². The van der Waals surface area contributed by atoms with Gasteiger partial charge in [-0.1, -0.05) is 6.92 Å². The van der Waals surface area contributed by atoms with Crippen molar-refractivity contribution in [2.75, 3.05) is 20.8 Å². The number of nitrogens with zero attached hydrogens (tertiary/aromatic N) is 3. The summed E-state index contributed by atoms with van der Waals surface area (Å²) in [5.74, 6) is 1.56. The van der Waals surface area contributed by atoms with Crippen molar-refractivity contribution in [3.63, 3.8) is 0 Å². The maximum atomic E-state index is 12.4. The van der Waals surface area contributed by atoms with Crippen molar-refractivity contribution in [2.45, 2.75) is 32.9 Å². The Balaban J connectivity index is 1.52. The summed E-state index contributed by atoms with van der Waals surface area (Å²) in [5.41, 5.74) is 6.28. The van der Waals surface area contributed by atoms with Gasteiger partial charge in [-0.05, 0) is 47.0 Å². The van der Waals surface area contributed by atoms with Crippen LogP contribution in [0, 0.1) is 0 Å². The van der Waals surface area contributed by atoms with Crippen LogP contribution in [0.5, 0.6) is 11.5 Å². The molecule has 0 saturated carbocycles. The van der Waals surface area contributed by atoms with Crippen LogP contribution in [0.25, 0.3) is 22.0 Å². The topological polar surface area (TPSA) is 72.4 Å². The zero-order valence-electron chi connectivity index (χ0n) is 19.4. The number of aromatic amines is 1. The van der Waals surface area contributed by atoms with E-state index in [4.69, 9.17) is 9.47 Å². The molecule has 172 valence electrons. The SMILES string of the molecule is CCc1csc2c1CCN(Cc1c(OC)cc(-c3cn(C)c(=O)c4[nH]ncc34)cc1OC)C2. The Morgan fingerprint density at radius 3 is 2.67 bits per heavy atom. The van der Waals surface area contributed by atoms with Gasteiger partial charge in [-0.25, -0.2) is 0 Å². The number of nitrogens with one attached hydrogen (secondary N) is 1. The first-order chi connectivity index (χ1) is 16.0. The Kier molecular flexibility index (Phi) is 5.72. The molecule has 1 N–H and O–H groups in total. The fraction of sp³-hybridized carbons (Fsp3) is 0.360. The number of aryl methyl sites for hydroxylation is 2. The third-order valence-corrected chi connectivity index (χ3v) is 7.64. The van der Waals surface area contributed by atoms with E-state index in [2.05, 4.69) is 27.4 Å². The standard InChI is InChI=1S/C25H28N4O3S/c1-5-15-14-33-23-13-29(7-6-17(15)23)12-20-21(31-3)8-16(9-22(20)32-4)19-11-28(2)25(30)24-18(19)10-26-27-24/h8-11,14H,5-7,12-13H2,1-4H3,(H,26,27). The molecule has 0 unspecified atom stereocenters. The fourth-order valence-corrected chi connectivity index (χ4v) is 6.01. The molecule has 4 aromatic rings. The minimum Gasteiger partial charge on any atom is -0.496 e. The summed E-state index contributed by atoms with van der Waals surface area (Å²) >= 11 is 1.87. The van der Waals surface area contributed by atoms with Gasteiger partial charge in [0.25, 0.3) is 5.56 Å². The smallest absolute Gasteiger partial charge is 0.276 e. The molecule has 0 bridgehead atoms. The van der Waals surface area contributed by atoms with E-state index in [1.807, 2.05) is 29.7 Å². The van der Waals surface area contributed by atoms with Gasteiger partial charge in [0.05, 0.1) is 26.0 Å². The molecular formula is C25H28N4O3S. The summed E-state index contributed by atoms with van der Waals surface area (Å²) in [7, 11) is 5.13. The van der Waals surface area contributed by atoms with E-state index in [0.717, 1.165) is 66.1 Å². The third-order valence-electron chi connectivity index (χ3n) is 6.58. The van der Waals surface area contributed by atoms with Gasteiger partial charge in [0.1, 0.15) is 17.0 Å². The molecule has 5 rings (SSSR count). The van der Waals surface area contributed by atoms with E-state index in [0.29, 0.717) is 5.52 Å². The molecule has 3 aromatic heterocycles. The number of benzene rings is 1. The van der Waals surface area contributed by atoms with Crippen LogP contribution in [0.15, 0.2) is 34.7 Å². The minimum atomic E-state index is -0.105. The molecule has 0 spiro atoms. The van der Waals surface area contributed by atoms with Crippen LogP contribution in [0.1, 0.15) is 28.5 Å². The lowest BCUT2D eigenvalue weighted by Crippen LogP contribution is -2.29. The highest BCUT2D eigenvalue weighted by molar-refractivity contribution is 7.10. The van der Waals surface area contributed by atoms with Crippen molar-refractivity contribution in [3.8, 4) is 22.6 Å². The van der Waals surface area contributed by atoms with Crippen LogP contribution >= 0.6 is 11.3 Å². The molecule has 0 saturated heterocycles. The molecule has 7 nitrogen and oxygen atoms in total. The van der Waals surface area contributed by atoms with Crippen molar-refractivity contribution in [1.29, 1.82) is 0 Å². The zero-order chi connectivity index (χ0) is 23.1. The van der Waals surface area contributed by atoms with E-state index in [1.54, 1.807) is 37.6 Å². The highest BCUT2D eigenvalue weighted by atomic mass is 32.1. The monoisotopic (exact) mass is 464 g/mol. The zero-order valence-corrected chi connectivity index (χ0v) is 20.2. The highest BCUT2D eigenvalue weighted by Gasteiger charge is 2.24. The summed E-state index contributed by atoms with van der Waals surface area (Å²) < 4.78 is 13.2. The lowest BCUT2D eigenvalue weighted by Gasteiger charge is -2.28. The Morgan fingerprint density at radius 1 is 1.21 bits per heavy atom. The molecule has 33 heavy (non-hydrogen) atoms. The first kappa shape index (κ1) is 21.7. The first-order valence-corrected chi connectivity index (χ1v) is 12.0. The molecule has 0 amide bonds. The Morgan fingerprint density at radius 2 is 1.97 bits per heavy atom. The first-order valence-electron chi connectivity index (χ1n) is 11.1. The number of fused-ring (bicyclic) bond motifs is 2. The van der Waals surface area contributed by atoms with Gasteiger partial charge in [0.2, 0.25) is 0 Å². The maximum Gasteiger partial charge on any atom is 0.276 e. The molecule has 1 aliphatic rings. The van der Waals surface area contributed by atoms with Crippen molar-refractivity contribution in [3.05, 3.63) is 61.8 Å². The normalized spacial score (nSPS) is 13.9. The van der Waals surface area contributed by atoms with Crippen LogP contribution in [0.2, 0.25) is 0 Å². The van der Waals surface area contributed by atoms with Crippen molar-refractivity contribution in [1.82, 2.24) is 19.7 Å². The largest absolute Gasteiger partial charge is 0.496 e. The van der Waals surface area contributed by atoms with E-state index in [9.17, 15) is 4.79 Å². The molecule has 8 heteroatoms. The molecule has 1 aromatic carbocycles. The van der Waals surface area contributed by atoms with Crippen LogP contribution in [0.4, 0.5) is 0 Å². The van der Waals surface area contributed by atoms with Gasteiger partial charge in [-0.3, -0.25) is 14.8 Å². The summed E-state index contributed by atoms with van der Waals surface area (Å²) in [6.45, 7) is 4.94. The van der Waals surface area contributed by atoms with E-state index in [1.165, 1.54) is 10.4 Å². The van der Waals surface area contributed by atoms with Crippen LogP contribution < -0.4 is 15.0 Å². The predicted octanol–water partition coefficient (Wildman–Crippen LogP) is 4.13. The average molecular weight is 465 g/mol. The second kappa shape index (κ2) is 8.68. The van der Waals surface area contributed by atoms with Gasteiger partial charge in [0.15, 0.2) is 0 Å². The molecule has 0 atom stereocenters. The number of H-pyrrole nitrogens is 1. The highest BCUT2D eigenvalue weighted by Crippen LogP contribution is 2.39. The van der Waals surface area contributed by atoms with Gasteiger partial charge in [-0.15, -0.1) is 11.3 Å². The second-order valence-electron chi connectivity index (χ2n) is 8.45. The summed E-state index contributed by atoms with van der Waals surface area (Å²) in [5, 5.41) is 10.0.